The molecule has 0 amide bonds. The van der Waals surface area contributed by atoms with Gasteiger partial charge in [-0.2, -0.15) is 0 Å². The van der Waals surface area contributed by atoms with E-state index in [2.05, 4.69) is 20.4 Å². The average molecular weight is 320 g/mol. The minimum Gasteiger partial charge on any atom is -0.406 e. The first kappa shape index (κ1) is 14.9. The monoisotopic (exact) mass is 320 g/mol. The molecule has 0 bridgehead atoms. The summed E-state index contributed by atoms with van der Waals surface area (Å²) in [6.07, 6.45) is -1.38. The highest BCUT2D eigenvalue weighted by molar-refractivity contribution is 5.61. The topological polar surface area (TPSA) is 52.0 Å². The summed E-state index contributed by atoms with van der Waals surface area (Å²) in [5.74, 6) is -0.260. The highest BCUT2D eigenvalue weighted by atomic mass is 19.4. The third kappa shape index (κ3) is 4.00. The quantitative estimate of drug-likeness (QED) is 0.792. The van der Waals surface area contributed by atoms with Crippen LogP contribution in [0.15, 0.2) is 60.9 Å². The number of aromatic nitrogens is 3. The average Bonchev–Trinajstić information content (AvgIpc) is 3.03. The van der Waals surface area contributed by atoms with Crippen LogP contribution in [0.5, 0.6) is 5.75 Å². The van der Waals surface area contributed by atoms with E-state index in [0.717, 1.165) is 11.4 Å². The fourth-order valence-corrected chi connectivity index (χ4v) is 1.95. The Hall–Kier alpha value is -3.03. The van der Waals surface area contributed by atoms with Crippen molar-refractivity contribution in [2.24, 2.45) is 0 Å². The lowest BCUT2D eigenvalue weighted by Crippen LogP contribution is -2.16. The first-order valence-electron chi connectivity index (χ1n) is 6.59. The number of alkyl halides is 3. The van der Waals surface area contributed by atoms with Crippen LogP contribution in [0.2, 0.25) is 0 Å². The summed E-state index contributed by atoms with van der Waals surface area (Å²) >= 11 is 0. The Labute approximate surface area is 129 Å². The van der Waals surface area contributed by atoms with E-state index < -0.39 is 6.36 Å². The molecule has 1 aromatic heterocycles. The summed E-state index contributed by atoms with van der Waals surface area (Å²) in [5, 5.41) is 10.7. The molecule has 0 saturated carbocycles. The number of hydrogen-bond donors (Lipinski definition) is 1. The molecule has 5 nitrogen and oxygen atoms in total. The van der Waals surface area contributed by atoms with Crippen LogP contribution in [-0.4, -0.2) is 21.4 Å². The molecule has 2 aromatic carbocycles. The molecule has 0 aliphatic rings. The van der Waals surface area contributed by atoms with Crippen molar-refractivity contribution in [1.29, 1.82) is 0 Å². The second kappa shape index (κ2) is 5.99. The highest BCUT2D eigenvalue weighted by Crippen LogP contribution is 2.25. The second-order valence-corrected chi connectivity index (χ2v) is 4.59. The lowest BCUT2D eigenvalue weighted by atomic mass is 10.2. The zero-order valence-corrected chi connectivity index (χ0v) is 11.7. The number of ether oxygens (including phenoxy) is 1. The number of nitrogens with one attached hydrogen (secondary N) is 1. The lowest BCUT2D eigenvalue weighted by molar-refractivity contribution is -0.274. The van der Waals surface area contributed by atoms with Gasteiger partial charge in [0, 0.05) is 11.4 Å². The largest absolute Gasteiger partial charge is 0.573 e. The van der Waals surface area contributed by atoms with Gasteiger partial charge in [-0.1, -0.05) is 5.21 Å². The molecule has 0 fully saturated rings. The Morgan fingerprint density at radius 2 is 1.52 bits per heavy atom. The van der Waals surface area contributed by atoms with Gasteiger partial charge in [-0.05, 0) is 48.5 Å². The van der Waals surface area contributed by atoms with Gasteiger partial charge in [0.2, 0.25) is 0 Å². The number of halogens is 3. The van der Waals surface area contributed by atoms with E-state index in [9.17, 15) is 13.2 Å². The summed E-state index contributed by atoms with van der Waals surface area (Å²) in [6.45, 7) is 0. The van der Waals surface area contributed by atoms with E-state index in [1.165, 1.54) is 24.3 Å². The van der Waals surface area contributed by atoms with Crippen LogP contribution < -0.4 is 10.1 Å². The Bertz CT molecular complexity index is 753. The summed E-state index contributed by atoms with van der Waals surface area (Å²) < 4.78 is 41.7. The molecular formula is C15H11F3N4O. The summed E-state index contributed by atoms with van der Waals surface area (Å²) in [5.41, 5.74) is 2.29. The highest BCUT2D eigenvalue weighted by Gasteiger charge is 2.30. The van der Waals surface area contributed by atoms with Crippen LogP contribution in [0.25, 0.3) is 5.69 Å². The molecule has 0 atom stereocenters. The smallest absolute Gasteiger partial charge is 0.406 e. The molecule has 1 N–H and O–H groups in total. The lowest BCUT2D eigenvalue weighted by Gasteiger charge is -2.10. The summed E-state index contributed by atoms with van der Waals surface area (Å²) in [6, 6.07) is 12.9. The van der Waals surface area contributed by atoms with Gasteiger partial charge in [0.15, 0.2) is 0 Å². The molecule has 0 radical (unpaired) electrons. The van der Waals surface area contributed by atoms with E-state index >= 15 is 0 Å². The fourth-order valence-electron chi connectivity index (χ4n) is 1.95. The van der Waals surface area contributed by atoms with Crippen molar-refractivity contribution in [3.05, 3.63) is 60.9 Å². The van der Waals surface area contributed by atoms with Gasteiger partial charge in [-0.25, -0.2) is 4.68 Å². The summed E-state index contributed by atoms with van der Waals surface area (Å²) in [4.78, 5) is 0. The Morgan fingerprint density at radius 3 is 2.04 bits per heavy atom. The molecule has 0 spiro atoms. The molecule has 23 heavy (non-hydrogen) atoms. The number of anilines is 2. The molecule has 1 heterocycles. The van der Waals surface area contributed by atoms with Crippen LogP contribution in [-0.2, 0) is 0 Å². The van der Waals surface area contributed by atoms with Crippen molar-refractivity contribution in [3.8, 4) is 11.4 Å². The van der Waals surface area contributed by atoms with Crippen molar-refractivity contribution in [3.63, 3.8) is 0 Å². The Balaban J connectivity index is 1.67. The van der Waals surface area contributed by atoms with Crippen LogP contribution >= 0.6 is 0 Å². The zero-order chi connectivity index (χ0) is 16.3. The number of nitrogens with zero attached hydrogens (tertiary/aromatic N) is 3. The van der Waals surface area contributed by atoms with Gasteiger partial charge in [-0.3, -0.25) is 0 Å². The molecule has 3 aromatic rings. The zero-order valence-electron chi connectivity index (χ0n) is 11.7. The van der Waals surface area contributed by atoms with Gasteiger partial charge in [0.05, 0.1) is 18.1 Å². The predicted molar refractivity (Wildman–Crippen MR) is 77.8 cm³/mol. The number of rotatable bonds is 4. The van der Waals surface area contributed by atoms with Gasteiger partial charge >= 0.3 is 6.36 Å². The molecule has 0 aliphatic heterocycles. The van der Waals surface area contributed by atoms with Crippen molar-refractivity contribution >= 4 is 11.4 Å². The minimum atomic E-state index is -4.69. The third-order valence-corrected chi connectivity index (χ3v) is 2.93. The minimum absolute atomic E-state index is 0.260. The van der Waals surface area contributed by atoms with Crippen LogP contribution in [0.4, 0.5) is 24.5 Å². The van der Waals surface area contributed by atoms with E-state index in [0.29, 0.717) is 5.69 Å². The standard InChI is InChI=1S/C15H11F3N4O/c16-15(17,18)23-14-7-3-12(4-8-14)20-11-1-5-13(6-2-11)22-10-9-19-21-22/h1-10,20H. The van der Waals surface area contributed by atoms with Gasteiger partial charge < -0.3 is 10.1 Å². The Morgan fingerprint density at radius 1 is 0.913 bits per heavy atom. The van der Waals surface area contributed by atoms with E-state index in [-0.39, 0.29) is 5.75 Å². The van der Waals surface area contributed by atoms with Crippen LogP contribution in [0.3, 0.4) is 0 Å². The molecule has 118 valence electrons. The SMILES string of the molecule is FC(F)(F)Oc1ccc(Nc2ccc(-n3ccnn3)cc2)cc1. The summed E-state index contributed by atoms with van der Waals surface area (Å²) in [7, 11) is 0. The number of benzene rings is 2. The van der Waals surface area contributed by atoms with Crippen molar-refractivity contribution in [2.45, 2.75) is 6.36 Å². The van der Waals surface area contributed by atoms with Crippen molar-refractivity contribution in [1.82, 2.24) is 15.0 Å². The van der Waals surface area contributed by atoms with Gasteiger partial charge in [0.1, 0.15) is 5.75 Å². The Kier molecular flexibility index (Phi) is 3.88. The molecular weight excluding hydrogens is 309 g/mol. The van der Waals surface area contributed by atoms with Gasteiger partial charge in [0.25, 0.3) is 0 Å². The fraction of sp³-hybridized carbons (Fsp3) is 0.0667. The van der Waals surface area contributed by atoms with Crippen LogP contribution in [0, 0.1) is 0 Å². The predicted octanol–water partition coefficient (Wildman–Crippen LogP) is 3.91. The number of hydrogen-bond acceptors (Lipinski definition) is 4. The van der Waals surface area contributed by atoms with E-state index in [4.69, 9.17) is 0 Å². The van der Waals surface area contributed by atoms with Crippen molar-refractivity contribution < 1.29 is 17.9 Å². The van der Waals surface area contributed by atoms with Gasteiger partial charge in [-0.15, -0.1) is 18.3 Å². The third-order valence-electron chi connectivity index (χ3n) is 2.93. The molecule has 8 heteroatoms. The molecule has 3 rings (SSSR count). The van der Waals surface area contributed by atoms with Crippen LogP contribution in [0.1, 0.15) is 0 Å². The molecule has 0 aliphatic carbocycles. The second-order valence-electron chi connectivity index (χ2n) is 4.59. The molecule has 0 saturated heterocycles. The molecule has 0 unspecified atom stereocenters. The maximum atomic E-state index is 12.1. The van der Waals surface area contributed by atoms with E-state index in [1.54, 1.807) is 17.1 Å². The normalized spacial score (nSPS) is 11.3. The van der Waals surface area contributed by atoms with Crippen molar-refractivity contribution in [2.75, 3.05) is 5.32 Å². The maximum Gasteiger partial charge on any atom is 0.573 e. The first-order valence-corrected chi connectivity index (χ1v) is 6.59. The maximum absolute atomic E-state index is 12.1. The van der Waals surface area contributed by atoms with E-state index in [1.807, 2.05) is 24.3 Å². The first-order chi connectivity index (χ1) is 11.0.